The van der Waals surface area contributed by atoms with E-state index in [0.29, 0.717) is 31.9 Å². The van der Waals surface area contributed by atoms with Crippen LogP contribution in [0.1, 0.15) is 21.9 Å². The standard InChI is InChI=1S/C27H17BrClN3O6S2/c28-14-4-6-16(7-5-14)31-25(33)21-20(22-24(30-27(35)40-22)39-23(21)26(31)34)18-11-17(32(36)37)8-9-19(18)38-12-13-2-1-3-15(29)10-13/h1-11,20-21,23H,12H2,(H,30,35)/t20-,21?,23?/m1/s1. The van der Waals surface area contributed by atoms with Crippen molar-refractivity contribution in [3.8, 4) is 5.75 Å². The average Bonchev–Trinajstić information content (AvgIpc) is 3.42. The number of H-pyrrole nitrogens is 1. The molecule has 3 heterocycles. The van der Waals surface area contributed by atoms with Gasteiger partial charge in [-0.2, -0.15) is 0 Å². The Kier molecular flexibility index (Phi) is 7.03. The minimum atomic E-state index is -0.921. The first-order valence-corrected chi connectivity index (χ1v) is 14.8. The maximum atomic E-state index is 14.0. The first kappa shape index (κ1) is 26.8. The number of anilines is 1. The second kappa shape index (κ2) is 10.5. The Labute approximate surface area is 248 Å². The van der Waals surface area contributed by atoms with Crippen molar-refractivity contribution in [2.45, 2.75) is 22.8 Å². The molecule has 0 bridgehead atoms. The Morgan fingerprint density at radius 2 is 1.82 bits per heavy atom. The third kappa shape index (κ3) is 4.74. The van der Waals surface area contributed by atoms with Crippen LogP contribution in [0.4, 0.5) is 11.4 Å². The van der Waals surface area contributed by atoms with Gasteiger partial charge in [-0.15, -0.1) is 0 Å². The summed E-state index contributed by atoms with van der Waals surface area (Å²) in [6, 6.07) is 18.1. The molecule has 2 unspecified atom stereocenters. The number of imide groups is 1. The third-order valence-corrected chi connectivity index (χ3v) is 9.90. The number of thioether (sulfide) groups is 1. The molecule has 3 atom stereocenters. The Morgan fingerprint density at radius 3 is 2.55 bits per heavy atom. The normalized spacial score (nSPS) is 19.9. The topological polar surface area (TPSA) is 123 Å². The van der Waals surface area contributed by atoms with Crippen LogP contribution in [0.3, 0.4) is 0 Å². The Hall–Kier alpha value is -3.45. The van der Waals surface area contributed by atoms with Crippen molar-refractivity contribution >= 4 is 73.8 Å². The van der Waals surface area contributed by atoms with Gasteiger partial charge in [-0.1, -0.05) is 62.8 Å². The average molecular weight is 659 g/mol. The number of benzene rings is 3. The summed E-state index contributed by atoms with van der Waals surface area (Å²) >= 11 is 11.5. The molecule has 0 saturated carbocycles. The number of nitrogens with zero attached hydrogens (tertiary/aromatic N) is 2. The molecule has 6 rings (SSSR count). The van der Waals surface area contributed by atoms with Gasteiger partial charge in [0.05, 0.1) is 21.6 Å². The summed E-state index contributed by atoms with van der Waals surface area (Å²) in [5.41, 5.74) is 1.34. The van der Waals surface area contributed by atoms with Crippen molar-refractivity contribution in [3.63, 3.8) is 0 Å². The smallest absolute Gasteiger partial charge is 0.305 e. The summed E-state index contributed by atoms with van der Waals surface area (Å²) in [5, 5.41) is 11.9. The van der Waals surface area contributed by atoms with Crippen LogP contribution in [0.15, 0.2) is 81.0 Å². The van der Waals surface area contributed by atoms with E-state index >= 15 is 0 Å². The minimum Gasteiger partial charge on any atom is -0.489 e. The monoisotopic (exact) mass is 657 g/mol. The number of thiazole rings is 1. The van der Waals surface area contributed by atoms with Gasteiger partial charge in [0.2, 0.25) is 11.8 Å². The fraction of sp³-hybridized carbons (Fsp3) is 0.148. The lowest BCUT2D eigenvalue weighted by Crippen LogP contribution is -2.32. The highest BCUT2D eigenvalue weighted by Crippen LogP contribution is 2.55. The zero-order chi connectivity index (χ0) is 28.1. The number of nitrogens with one attached hydrogen (secondary N) is 1. The number of hydrogen-bond acceptors (Lipinski definition) is 8. The molecule has 13 heteroatoms. The first-order valence-electron chi connectivity index (χ1n) is 11.9. The first-order chi connectivity index (χ1) is 19.2. The van der Waals surface area contributed by atoms with Crippen molar-refractivity contribution in [1.29, 1.82) is 0 Å². The number of fused-ring (bicyclic) bond motifs is 2. The third-order valence-electron chi connectivity index (χ3n) is 6.73. The molecule has 9 nitrogen and oxygen atoms in total. The summed E-state index contributed by atoms with van der Waals surface area (Å²) in [7, 11) is 0. The maximum absolute atomic E-state index is 14.0. The van der Waals surface area contributed by atoms with Crippen LogP contribution in [0.5, 0.6) is 5.75 Å². The molecular weight excluding hydrogens is 642 g/mol. The quantitative estimate of drug-likeness (QED) is 0.150. The van der Waals surface area contributed by atoms with Gasteiger partial charge in [-0.25, -0.2) is 4.90 Å². The van der Waals surface area contributed by atoms with Crippen LogP contribution in [-0.4, -0.2) is 27.0 Å². The van der Waals surface area contributed by atoms with Gasteiger partial charge in [0, 0.05) is 38.0 Å². The molecule has 0 spiro atoms. The number of non-ortho nitro benzene ring substituents is 1. The number of amides is 2. The van der Waals surface area contributed by atoms with Crippen LogP contribution in [-0.2, 0) is 16.2 Å². The Balaban J connectivity index is 1.48. The number of carbonyl (C=O) groups excluding carboxylic acids is 2. The number of rotatable bonds is 6. The molecule has 3 aromatic carbocycles. The van der Waals surface area contributed by atoms with E-state index in [2.05, 4.69) is 20.9 Å². The largest absolute Gasteiger partial charge is 0.489 e. The zero-order valence-electron chi connectivity index (χ0n) is 20.2. The minimum absolute atomic E-state index is 0.106. The number of ether oxygens (including phenoxy) is 1. The fourth-order valence-electron chi connectivity index (χ4n) is 5.01. The van der Waals surface area contributed by atoms with E-state index < -0.39 is 33.8 Å². The van der Waals surface area contributed by atoms with Gasteiger partial charge < -0.3 is 9.72 Å². The summed E-state index contributed by atoms with van der Waals surface area (Å²) in [6.07, 6.45) is 0. The second-order valence-corrected chi connectivity index (χ2v) is 12.7. The van der Waals surface area contributed by atoms with E-state index in [0.717, 1.165) is 38.0 Å². The molecular formula is C27H17BrClN3O6S2. The predicted octanol–water partition coefficient (Wildman–Crippen LogP) is 6.14. The van der Waals surface area contributed by atoms with Gasteiger partial charge in [-0.3, -0.25) is 24.5 Å². The van der Waals surface area contributed by atoms with Crippen LogP contribution >= 0.6 is 50.6 Å². The predicted molar refractivity (Wildman–Crippen MR) is 155 cm³/mol. The van der Waals surface area contributed by atoms with E-state index in [1.807, 2.05) is 6.07 Å². The van der Waals surface area contributed by atoms with E-state index in [-0.39, 0.29) is 17.2 Å². The van der Waals surface area contributed by atoms with E-state index in [1.54, 1.807) is 42.5 Å². The molecule has 1 aromatic heterocycles. The molecule has 1 saturated heterocycles. The van der Waals surface area contributed by atoms with Gasteiger partial charge in [0.25, 0.3) is 5.69 Å². The molecule has 1 N–H and O–H groups in total. The molecule has 4 aromatic rings. The molecule has 2 aliphatic rings. The number of aromatic nitrogens is 1. The van der Waals surface area contributed by atoms with Crippen LogP contribution in [0.2, 0.25) is 5.02 Å². The van der Waals surface area contributed by atoms with Gasteiger partial charge >= 0.3 is 4.87 Å². The number of nitro groups is 1. The van der Waals surface area contributed by atoms with Crippen LogP contribution in [0, 0.1) is 16.0 Å². The number of halogens is 2. The summed E-state index contributed by atoms with van der Waals surface area (Å²) in [4.78, 5) is 55.5. The van der Waals surface area contributed by atoms with Crippen LogP contribution in [0.25, 0.3) is 0 Å². The zero-order valence-corrected chi connectivity index (χ0v) is 24.2. The second-order valence-electron chi connectivity index (χ2n) is 9.14. The lowest BCUT2D eigenvalue weighted by Gasteiger charge is -2.30. The van der Waals surface area contributed by atoms with Crippen molar-refractivity contribution in [2.75, 3.05) is 4.90 Å². The highest BCUT2D eigenvalue weighted by molar-refractivity contribution is 9.10. The SMILES string of the molecule is O=C1C2Sc3[nH]c(=O)sc3[C@H](c3cc([N+](=O)[O-])ccc3OCc3cccc(Cl)c3)C2C(=O)N1c1ccc(Br)cc1. The molecule has 202 valence electrons. The number of carbonyl (C=O) groups is 2. The lowest BCUT2D eigenvalue weighted by atomic mass is 9.82. The summed E-state index contributed by atoms with van der Waals surface area (Å²) < 4.78 is 6.93. The molecule has 2 aliphatic heterocycles. The molecule has 0 radical (unpaired) electrons. The van der Waals surface area contributed by atoms with Crippen molar-refractivity contribution < 1.29 is 19.2 Å². The van der Waals surface area contributed by atoms with Crippen molar-refractivity contribution in [2.24, 2.45) is 5.92 Å². The van der Waals surface area contributed by atoms with Gasteiger partial charge in [-0.05, 0) is 48.0 Å². The van der Waals surface area contributed by atoms with Gasteiger partial charge in [0.15, 0.2) is 0 Å². The summed E-state index contributed by atoms with van der Waals surface area (Å²) in [6.45, 7) is 0.106. The lowest BCUT2D eigenvalue weighted by molar-refractivity contribution is -0.385. The Morgan fingerprint density at radius 1 is 1.05 bits per heavy atom. The van der Waals surface area contributed by atoms with Crippen LogP contribution < -0.4 is 14.5 Å². The van der Waals surface area contributed by atoms with Crippen molar-refractivity contribution in [1.82, 2.24) is 4.98 Å². The van der Waals surface area contributed by atoms with Crippen molar-refractivity contribution in [3.05, 3.63) is 112 Å². The van der Waals surface area contributed by atoms with Gasteiger partial charge in [0.1, 0.15) is 17.6 Å². The fourth-order valence-corrected chi connectivity index (χ4v) is 7.99. The van der Waals surface area contributed by atoms with E-state index in [9.17, 15) is 24.5 Å². The molecule has 0 aliphatic carbocycles. The molecule has 1 fully saturated rings. The van der Waals surface area contributed by atoms with E-state index in [1.165, 1.54) is 18.2 Å². The Bertz CT molecular complexity index is 1740. The molecule has 2 amide bonds. The highest BCUT2D eigenvalue weighted by Gasteiger charge is 2.57. The number of hydrogen-bond donors (Lipinski definition) is 1. The number of aromatic amines is 1. The molecule has 40 heavy (non-hydrogen) atoms. The highest BCUT2D eigenvalue weighted by atomic mass is 79.9. The maximum Gasteiger partial charge on any atom is 0.305 e. The van der Waals surface area contributed by atoms with E-state index in [4.69, 9.17) is 16.3 Å². The summed E-state index contributed by atoms with van der Waals surface area (Å²) in [5.74, 6) is -2.33. The number of nitro benzene ring substituents is 1.